The molecule has 2 N–H and O–H groups in total. The van der Waals surface area contributed by atoms with Gasteiger partial charge in [0.15, 0.2) is 5.79 Å². The minimum atomic E-state index is -0.968. The Morgan fingerprint density at radius 3 is 1.95 bits per heavy atom. The lowest BCUT2D eigenvalue weighted by atomic mass is 9.77. The minimum absolute atomic E-state index is 0.219. The topological polar surface area (TPSA) is 76.0 Å². The van der Waals surface area contributed by atoms with Gasteiger partial charge in [-0.05, 0) is 30.5 Å². The van der Waals surface area contributed by atoms with Crippen molar-refractivity contribution in [1.82, 2.24) is 0 Å². The van der Waals surface area contributed by atoms with Crippen molar-refractivity contribution in [3.63, 3.8) is 0 Å². The molecule has 0 aliphatic heterocycles. The highest BCUT2D eigenvalue weighted by molar-refractivity contribution is 5.87. The number of benzene rings is 1. The molecule has 0 saturated heterocycles. The molecule has 1 fully saturated rings. The zero-order valence-corrected chi connectivity index (χ0v) is 11.8. The third-order valence-corrected chi connectivity index (χ3v) is 4.25. The lowest BCUT2D eigenvalue weighted by molar-refractivity contribution is -0.243. The molecule has 5 nitrogen and oxygen atoms in total. The van der Waals surface area contributed by atoms with Gasteiger partial charge in [-0.25, -0.2) is 4.79 Å². The number of carboxylic acid groups (broad SMARTS) is 1. The van der Waals surface area contributed by atoms with E-state index in [1.54, 1.807) is 26.4 Å². The molecule has 0 radical (unpaired) electrons. The van der Waals surface area contributed by atoms with Crippen LogP contribution in [0.3, 0.4) is 0 Å². The molecule has 110 valence electrons. The van der Waals surface area contributed by atoms with Gasteiger partial charge < -0.3 is 19.7 Å². The number of carboxylic acids is 1. The van der Waals surface area contributed by atoms with Gasteiger partial charge in [-0.2, -0.15) is 0 Å². The second kappa shape index (κ2) is 5.52. The van der Waals surface area contributed by atoms with Crippen LogP contribution in [-0.4, -0.2) is 36.2 Å². The summed E-state index contributed by atoms with van der Waals surface area (Å²) in [6.07, 6.45) is 2.22. The van der Waals surface area contributed by atoms with Crippen molar-refractivity contribution in [2.45, 2.75) is 37.1 Å². The molecular weight excluding hydrogens is 260 g/mol. The predicted molar refractivity (Wildman–Crippen MR) is 72.5 cm³/mol. The average molecular weight is 280 g/mol. The maximum absolute atomic E-state index is 10.8. The van der Waals surface area contributed by atoms with Gasteiger partial charge in [0.05, 0.1) is 11.2 Å². The Bertz CT molecular complexity index is 466. The number of carbonyl (C=O) groups is 1. The van der Waals surface area contributed by atoms with Gasteiger partial charge in [0, 0.05) is 27.1 Å². The highest BCUT2D eigenvalue weighted by atomic mass is 16.7. The molecular formula is C15H20O5. The van der Waals surface area contributed by atoms with Crippen molar-refractivity contribution in [3.8, 4) is 0 Å². The van der Waals surface area contributed by atoms with Gasteiger partial charge >= 0.3 is 5.97 Å². The standard InChI is InChI=1S/C15H20O5/c1-19-15(20-2)9-7-14(18,8-10-15)12-5-3-11(4-6-12)13(16)17/h3-6,18H,7-10H2,1-2H3,(H,16,17). The Morgan fingerprint density at radius 1 is 1.05 bits per heavy atom. The molecule has 0 aromatic heterocycles. The van der Waals surface area contributed by atoms with Gasteiger partial charge in [-0.3, -0.25) is 0 Å². The highest BCUT2D eigenvalue weighted by Gasteiger charge is 2.43. The summed E-state index contributed by atoms with van der Waals surface area (Å²) in [7, 11) is 3.21. The summed E-state index contributed by atoms with van der Waals surface area (Å²) in [6.45, 7) is 0. The summed E-state index contributed by atoms with van der Waals surface area (Å²) in [5.74, 6) is -1.59. The smallest absolute Gasteiger partial charge is 0.335 e. The normalized spacial score (nSPS) is 20.6. The second-order valence-electron chi connectivity index (χ2n) is 5.23. The van der Waals surface area contributed by atoms with Gasteiger partial charge in [-0.15, -0.1) is 0 Å². The first-order valence-electron chi connectivity index (χ1n) is 6.61. The molecule has 1 aromatic carbocycles. The molecule has 1 aromatic rings. The van der Waals surface area contributed by atoms with Gasteiger partial charge in [-0.1, -0.05) is 12.1 Å². The van der Waals surface area contributed by atoms with E-state index in [0.29, 0.717) is 25.7 Å². The van der Waals surface area contributed by atoms with Crippen LogP contribution in [0.15, 0.2) is 24.3 Å². The lowest BCUT2D eigenvalue weighted by Gasteiger charge is -2.42. The maximum atomic E-state index is 10.8. The summed E-state index contributed by atoms with van der Waals surface area (Å²) in [5, 5.41) is 19.6. The Labute approximate surface area is 118 Å². The van der Waals surface area contributed by atoms with Crippen molar-refractivity contribution in [2.24, 2.45) is 0 Å². The van der Waals surface area contributed by atoms with Crippen molar-refractivity contribution >= 4 is 5.97 Å². The summed E-state index contributed by atoms with van der Waals surface area (Å²) < 4.78 is 10.8. The quantitative estimate of drug-likeness (QED) is 0.826. The molecule has 1 aliphatic rings. The summed E-state index contributed by atoms with van der Waals surface area (Å²) in [6, 6.07) is 6.39. The van der Waals surface area contributed by atoms with Crippen LogP contribution < -0.4 is 0 Å². The number of rotatable bonds is 4. The molecule has 0 amide bonds. The van der Waals surface area contributed by atoms with E-state index in [4.69, 9.17) is 14.6 Å². The van der Waals surface area contributed by atoms with Crippen molar-refractivity contribution in [1.29, 1.82) is 0 Å². The third-order valence-electron chi connectivity index (χ3n) is 4.25. The van der Waals surface area contributed by atoms with Crippen molar-refractivity contribution in [2.75, 3.05) is 14.2 Å². The second-order valence-corrected chi connectivity index (χ2v) is 5.23. The largest absolute Gasteiger partial charge is 0.478 e. The first kappa shape index (κ1) is 15.0. The van der Waals surface area contributed by atoms with Crippen LogP contribution in [0.2, 0.25) is 0 Å². The fourth-order valence-corrected chi connectivity index (χ4v) is 2.75. The summed E-state index contributed by atoms with van der Waals surface area (Å²) in [4.78, 5) is 10.8. The van der Waals surface area contributed by atoms with Crippen LogP contribution in [0.5, 0.6) is 0 Å². The fraction of sp³-hybridized carbons (Fsp3) is 0.533. The fourth-order valence-electron chi connectivity index (χ4n) is 2.75. The zero-order chi connectivity index (χ0) is 14.8. The van der Waals surface area contributed by atoms with Gasteiger partial charge in [0.2, 0.25) is 0 Å². The molecule has 5 heteroatoms. The van der Waals surface area contributed by atoms with Gasteiger partial charge in [0.1, 0.15) is 0 Å². The highest BCUT2D eigenvalue weighted by Crippen LogP contribution is 2.42. The van der Waals surface area contributed by atoms with E-state index in [0.717, 1.165) is 5.56 Å². The first-order valence-corrected chi connectivity index (χ1v) is 6.61. The minimum Gasteiger partial charge on any atom is -0.478 e. The first-order chi connectivity index (χ1) is 9.45. The number of methoxy groups -OCH3 is 2. The molecule has 2 rings (SSSR count). The van der Waals surface area contributed by atoms with Crippen LogP contribution >= 0.6 is 0 Å². The van der Waals surface area contributed by atoms with E-state index in [1.165, 1.54) is 12.1 Å². The number of aromatic carboxylic acids is 1. The zero-order valence-electron chi connectivity index (χ0n) is 11.8. The number of hydrogen-bond acceptors (Lipinski definition) is 4. The Morgan fingerprint density at radius 2 is 1.55 bits per heavy atom. The lowest BCUT2D eigenvalue weighted by Crippen LogP contribution is -2.43. The molecule has 0 bridgehead atoms. The van der Waals surface area contributed by atoms with E-state index in [-0.39, 0.29) is 5.56 Å². The summed E-state index contributed by atoms with van der Waals surface area (Å²) in [5.41, 5.74) is 0.0111. The molecule has 0 atom stereocenters. The Balaban J connectivity index is 2.15. The average Bonchev–Trinajstić information content (AvgIpc) is 2.49. The molecule has 1 aliphatic carbocycles. The number of aliphatic hydroxyl groups is 1. The predicted octanol–water partition coefficient (Wildman–Crippen LogP) is 2.14. The number of ether oxygens (including phenoxy) is 2. The molecule has 20 heavy (non-hydrogen) atoms. The molecule has 0 unspecified atom stereocenters. The van der Waals surface area contributed by atoms with E-state index >= 15 is 0 Å². The molecule has 0 heterocycles. The van der Waals surface area contributed by atoms with E-state index in [9.17, 15) is 9.90 Å². The van der Waals surface area contributed by atoms with Gasteiger partial charge in [0.25, 0.3) is 0 Å². The SMILES string of the molecule is COC1(OC)CCC(O)(c2ccc(C(=O)O)cc2)CC1. The maximum Gasteiger partial charge on any atom is 0.335 e. The molecule has 0 spiro atoms. The van der Waals surface area contributed by atoms with E-state index in [1.807, 2.05) is 0 Å². The Hall–Kier alpha value is -1.43. The van der Waals surface area contributed by atoms with Crippen LogP contribution in [0.1, 0.15) is 41.6 Å². The van der Waals surface area contributed by atoms with Crippen LogP contribution in [0, 0.1) is 0 Å². The monoisotopic (exact) mass is 280 g/mol. The molecule has 1 saturated carbocycles. The third kappa shape index (κ3) is 2.70. The van der Waals surface area contributed by atoms with Crippen LogP contribution in [-0.2, 0) is 15.1 Å². The van der Waals surface area contributed by atoms with E-state index in [2.05, 4.69) is 0 Å². The van der Waals surface area contributed by atoms with Crippen molar-refractivity contribution < 1.29 is 24.5 Å². The van der Waals surface area contributed by atoms with E-state index < -0.39 is 17.4 Å². The summed E-state index contributed by atoms with van der Waals surface area (Å²) >= 11 is 0. The van der Waals surface area contributed by atoms with Crippen LogP contribution in [0.25, 0.3) is 0 Å². The van der Waals surface area contributed by atoms with Crippen molar-refractivity contribution in [3.05, 3.63) is 35.4 Å². The number of hydrogen-bond donors (Lipinski definition) is 2. The van der Waals surface area contributed by atoms with Crippen LogP contribution in [0.4, 0.5) is 0 Å². The Kier molecular flexibility index (Phi) is 4.13.